The summed E-state index contributed by atoms with van der Waals surface area (Å²) in [5.41, 5.74) is 2.43. The van der Waals surface area contributed by atoms with Crippen molar-refractivity contribution in [2.24, 2.45) is 0 Å². The summed E-state index contributed by atoms with van der Waals surface area (Å²) in [6.45, 7) is 0.395. The fourth-order valence-electron chi connectivity index (χ4n) is 3.28. The third-order valence-corrected chi connectivity index (χ3v) is 6.95. The van der Waals surface area contributed by atoms with Gasteiger partial charge >= 0.3 is 0 Å². The molecule has 0 atom stereocenters. The predicted octanol–water partition coefficient (Wildman–Crippen LogP) is 4.54. The van der Waals surface area contributed by atoms with Gasteiger partial charge in [-0.05, 0) is 42.0 Å². The van der Waals surface area contributed by atoms with Crippen LogP contribution in [0.2, 0.25) is 0 Å². The Labute approximate surface area is 208 Å². The first-order valence-electron chi connectivity index (χ1n) is 10.5. The number of pyridine rings is 2. The van der Waals surface area contributed by atoms with Crippen LogP contribution in [-0.2, 0) is 12.3 Å². The molecule has 0 aliphatic rings. The van der Waals surface area contributed by atoms with Crippen molar-refractivity contribution < 1.29 is 9.18 Å². The van der Waals surface area contributed by atoms with Crippen LogP contribution in [0.3, 0.4) is 0 Å². The Morgan fingerprint density at radius 3 is 2.51 bits per heavy atom. The molecule has 1 aromatic carbocycles. The molecule has 0 aliphatic heterocycles. The van der Waals surface area contributed by atoms with E-state index in [9.17, 15) is 9.18 Å². The van der Waals surface area contributed by atoms with Crippen LogP contribution in [0.4, 0.5) is 4.39 Å². The number of benzene rings is 1. The minimum absolute atomic E-state index is 0.246. The third-order valence-electron chi connectivity index (χ3n) is 4.98. The van der Waals surface area contributed by atoms with Gasteiger partial charge in [-0.2, -0.15) is 0 Å². The normalized spacial score (nSPS) is 10.9. The lowest BCUT2D eigenvalue weighted by molar-refractivity contribution is 0.0946. The predicted molar refractivity (Wildman–Crippen MR) is 132 cm³/mol. The zero-order valence-corrected chi connectivity index (χ0v) is 19.8. The van der Waals surface area contributed by atoms with Crippen LogP contribution in [-0.4, -0.2) is 35.6 Å². The van der Waals surface area contributed by atoms with Crippen molar-refractivity contribution in [3.05, 3.63) is 101 Å². The second-order valence-electron chi connectivity index (χ2n) is 7.28. The zero-order chi connectivity index (χ0) is 24.0. The number of thiazole rings is 1. The molecule has 0 aliphatic carbocycles. The summed E-state index contributed by atoms with van der Waals surface area (Å²) in [7, 11) is 0. The maximum absolute atomic E-state index is 14.7. The summed E-state index contributed by atoms with van der Waals surface area (Å²) >= 11 is 2.76. The van der Waals surface area contributed by atoms with E-state index in [2.05, 4.69) is 30.5 Å². The van der Waals surface area contributed by atoms with Gasteiger partial charge in [0, 0.05) is 42.3 Å². The Kier molecular flexibility index (Phi) is 6.87. The molecule has 0 bridgehead atoms. The molecule has 0 unspecified atom stereocenters. The monoisotopic (exact) mass is 503 g/mol. The molecular weight excluding hydrogens is 485 g/mol. The number of nitrogens with zero attached hydrogens (tertiary/aromatic N) is 6. The lowest BCUT2D eigenvalue weighted by Gasteiger charge is -2.10. The molecule has 0 spiro atoms. The minimum atomic E-state index is -0.383. The van der Waals surface area contributed by atoms with Gasteiger partial charge < -0.3 is 5.32 Å². The van der Waals surface area contributed by atoms with Crippen LogP contribution in [0.5, 0.6) is 0 Å². The van der Waals surface area contributed by atoms with E-state index in [4.69, 9.17) is 0 Å². The van der Waals surface area contributed by atoms with Gasteiger partial charge in [0.15, 0.2) is 11.0 Å². The van der Waals surface area contributed by atoms with E-state index < -0.39 is 0 Å². The van der Waals surface area contributed by atoms with Crippen molar-refractivity contribution in [3.63, 3.8) is 0 Å². The molecule has 1 N–H and O–H groups in total. The van der Waals surface area contributed by atoms with E-state index in [0.717, 1.165) is 16.1 Å². The topological polar surface area (TPSA) is 98.5 Å². The molecule has 5 aromatic rings. The molecule has 0 fully saturated rings. The van der Waals surface area contributed by atoms with Gasteiger partial charge in [-0.25, -0.2) is 9.37 Å². The highest BCUT2D eigenvalue weighted by atomic mass is 32.2. The van der Waals surface area contributed by atoms with E-state index in [1.807, 2.05) is 12.1 Å². The first-order valence-corrected chi connectivity index (χ1v) is 12.4. The molecule has 11 heteroatoms. The van der Waals surface area contributed by atoms with E-state index in [-0.39, 0.29) is 11.7 Å². The zero-order valence-electron chi connectivity index (χ0n) is 18.2. The van der Waals surface area contributed by atoms with Crippen molar-refractivity contribution in [1.82, 2.24) is 35.0 Å². The molecule has 5 rings (SSSR count). The number of amides is 1. The third kappa shape index (κ3) is 5.26. The number of hydrogen-bond donors (Lipinski definition) is 1. The number of rotatable bonds is 8. The highest BCUT2D eigenvalue weighted by Crippen LogP contribution is 2.31. The van der Waals surface area contributed by atoms with Crippen LogP contribution in [0.15, 0.2) is 83.9 Å². The van der Waals surface area contributed by atoms with Crippen LogP contribution in [0.25, 0.3) is 17.1 Å². The first kappa shape index (κ1) is 22.8. The average molecular weight is 504 g/mol. The van der Waals surface area contributed by atoms with E-state index in [1.165, 1.54) is 29.2 Å². The maximum Gasteiger partial charge on any atom is 0.271 e. The van der Waals surface area contributed by atoms with Crippen LogP contribution < -0.4 is 5.32 Å². The molecule has 0 saturated carbocycles. The fourth-order valence-corrected chi connectivity index (χ4v) is 5.02. The second-order valence-corrected chi connectivity index (χ2v) is 9.17. The summed E-state index contributed by atoms with van der Waals surface area (Å²) < 4.78 is 16.4. The smallest absolute Gasteiger partial charge is 0.271 e. The highest BCUT2D eigenvalue weighted by molar-refractivity contribution is 7.98. The number of aromatic nitrogens is 6. The highest BCUT2D eigenvalue weighted by Gasteiger charge is 2.19. The number of carbonyl (C=O) groups is 1. The van der Waals surface area contributed by atoms with Gasteiger partial charge in [0.05, 0.1) is 11.4 Å². The van der Waals surface area contributed by atoms with Crippen molar-refractivity contribution in [2.75, 3.05) is 0 Å². The molecule has 4 heterocycles. The number of carbonyl (C=O) groups excluding carboxylic acids is 1. The Bertz CT molecular complexity index is 1440. The van der Waals surface area contributed by atoms with Gasteiger partial charge in [0.1, 0.15) is 16.5 Å². The van der Waals surface area contributed by atoms with Gasteiger partial charge in [0.25, 0.3) is 5.91 Å². The molecule has 8 nitrogen and oxygen atoms in total. The first-order chi connectivity index (χ1) is 17.2. The molecule has 4 aromatic heterocycles. The van der Waals surface area contributed by atoms with E-state index in [0.29, 0.717) is 34.7 Å². The quantitative estimate of drug-likeness (QED) is 0.310. The van der Waals surface area contributed by atoms with E-state index in [1.54, 1.807) is 65.1 Å². The van der Waals surface area contributed by atoms with Crippen molar-refractivity contribution in [3.8, 4) is 17.1 Å². The molecule has 1 amide bonds. The molecular formula is C24H18FN7OS2. The summed E-state index contributed by atoms with van der Waals surface area (Å²) in [6, 6.07) is 13.8. The number of hydrogen-bond acceptors (Lipinski definition) is 8. The number of para-hydroxylation sites is 1. The van der Waals surface area contributed by atoms with Crippen LogP contribution in [0.1, 0.15) is 21.1 Å². The fraction of sp³-hybridized carbons (Fsp3) is 0.0833. The lowest BCUT2D eigenvalue weighted by Crippen LogP contribution is -2.23. The molecule has 0 saturated heterocycles. The summed E-state index contributed by atoms with van der Waals surface area (Å²) in [6.07, 6.45) is 6.67. The van der Waals surface area contributed by atoms with Gasteiger partial charge in [-0.15, -0.1) is 21.5 Å². The Morgan fingerprint density at radius 1 is 1.00 bits per heavy atom. The Hall–Kier alpha value is -3.96. The van der Waals surface area contributed by atoms with Crippen LogP contribution in [0, 0.1) is 5.82 Å². The maximum atomic E-state index is 14.7. The molecule has 174 valence electrons. The number of halogens is 1. The average Bonchev–Trinajstić information content (AvgIpc) is 3.55. The molecule has 35 heavy (non-hydrogen) atoms. The van der Waals surface area contributed by atoms with Crippen molar-refractivity contribution in [1.29, 1.82) is 0 Å². The van der Waals surface area contributed by atoms with Crippen molar-refractivity contribution in [2.45, 2.75) is 17.5 Å². The number of thioether (sulfide) groups is 1. The second kappa shape index (κ2) is 10.5. The van der Waals surface area contributed by atoms with Crippen LogP contribution >= 0.6 is 23.1 Å². The minimum Gasteiger partial charge on any atom is -0.347 e. The molecule has 0 radical (unpaired) electrons. The largest absolute Gasteiger partial charge is 0.347 e. The van der Waals surface area contributed by atoms with Gasteiger partial charge in [0.2, 0.25) is 0 Å². The van der Waals surface area contributed by atoms with Gasteiger partial charge in [-0.3, -0.25) is 19.3 Å². The standard InChI is InChI=1S/C24H18FN7OS2/c25-18-3-1-2-4-20(18)32-22(17-7-11-27-12-8-17)30-31-24(32)35-15-21-29-19(14-34-21)23(33)28-13-16-5-9-26-10-6-16/h1-12,14H,13,15H2,(H,28,33). The van der Waals surface area contributed by atoms with E-state index >= 15 is 0 Å². The Balaban J connectivity index is 1.33. The summed E-state index contributed by atoms with van der Waals surface area (Å²) in [5.74, 6) is 0.330. The lowest BCUT2D eigenvalue weighted by atomic mass is 10.2. The SMILES string of the molecule is O=C(NCc1ccncc1)c1csc(CSc2nnc(-c3ccncc3)n2-c2ccccc2F)n1. The number of nitrogens with one attached hydrogen (secondary N) is 1. The summed E-state index contributed by atoms with van der Waals surface area (Å²) in [5, 5.41) is 14.5. The van der Waals surface area contributed by atoms with Gasteiger partial charge in [-0.1, -0.05) is 23.9 Å². The summed E-state index contributed by atoms with van der Waals surface area (Å²) in [4.78, 5) is 24.9. The Morgan fingerprint density at radius 2 is 1.74 bits per heavy atom. The van der Waals surface area contributed by atoms with Crippen molar-refractivity contribution >= 4 is 29.0 Å².